The number of aromatic nitrogens is 2. The second kappa shape index (κ2) is 6.76. The molecule has 1 N–H and O–H groups in total. The van der Waals surface area contributed by atoms with E-state index < -0.39 is 0 Å². The normalized spacial score (nSPS) is 12.4. The van der Waals surface area contributed by atoms with Gasteiger partial charge in [0.05, 0.1) is 11.9 Å². The van der Waals surface area contributed by atoms with Crippen LogP contribution < -0.4 is 10.2 Å². The molecule has 0 saturated heterocycles. The smallest absolute Gasteiger partial charge is 0.204 e. The van der Waals surface area contributed by atoms with E-state index in [0.717, 1.165) is 18.9 Å². The summed E-state index contributed by atoms with van der Waals surface area (Å²) >= 11 is 0. The largest absolute Gasteiger partial charge is 0.348 e. The molecular formula is C17H26N4. The van der Waals surface area contributed by atoms with Gasteiger partial charge in [0.1, 0.15) is 0 Å². The van der Waals surface area contributed by atoms with E-state index in [0.29, 0.717) is 6.04 Å². The predicted molar refractivity (Wildman–Crippen MR) is 88.6 cm³/mol. The summed E-state index contributed by atoms with van der Waals surface area (Å²) in [6, 6.07) is 9.15. The van der Waals surface area contributed by atoms with Crippen LogP contribution in [0.25, 0.3) is 0 Å². The first kappa shape index (κ1) is 15.6. The lowest BCUT2D eigenvalue weighted by molar-refractivity contribution is 0.508. The molecule has 1 aromatic carbocycles. The van der Waals surface area contributed by atoms with Crippen molar-refractivity contribution in [3.63, 3.8) is 0 Å². The minimum atomic E-state index is 0.378. The van der Waals surface area contributed by atoms with Gasteiger partial charge in [-0.2, -0.15) is 0 Å². The maximum absolute atomic E-state index is 4.45. The number of rotatable bonds is 6. The van der Waals surface area contributed by atoms with Crippen LogP contribution in [-0.2, 0) is 13.6 Å². The average Bonchev–Trinajstić information content (AvgIpc) is 2.83. The minimum absolute atomic E-state index is 0.378. The van der Waals surface area contributed by atoms with Gasteiger partial charge in [0.2, 0.25) is 5.95 Å². The van der Waals surface area contributed by atoms with Gasteiger partial charge in [-0.05, 0) is 18.9 Å². The van der Waals surface area contributed by atoms with Gasteiger partial charge >= 0.3 is 0 Å². The van der Waals surface area contributed by atoms with E-state index in [9.17, 15) is 0 Å². The molecule has 0 bridgehead atoms. The van der Waals surface area contributed by atoms with Crippen LogP contribution in [0.15, 0.2) is 30.5 Å². The van der Waals surface area contributed by atoms with Crippen molar-refractivity contribution in [2.45, 2.75) is 32.9 Å². The molecule has 1 atom stereocenters. The molecule has 4 nitrogen and oxygen atoms in total. The summed E-state index contributed by atoms with van der Waals surface area (Å²) in [6.07, 6.45) is 3.02. The molecule has 114 valence electrons. The Balaban J connectivity index is 2.05. The quantitative estimate of drug-likeness (QED) is 0.886. The fraction of sp³-hybridized carbons (Fsp3) is 0.471. The molecule has 2 rings (SSSR count). The Morgan fingerprint density at radius 3 is 2.43 bits per heavy atom. The summed E-state index contributed by atoms with van der Waals surface area (Å²) < 4.78 is 2.13. The standard InChI is InChI=1S/C17H26N4/c1-6-16(14-9-7-13(2)8-10-14)18-11-15-12-19-17(20(3)4)21(15)5/h7-10,12,16,18H,6,11H2,1-5H3. The Labute approximate surface area is 127 Å². The Morgan fingerprint density at radius 2 is 1.90 bits per heavy atom. The number of nitrogens with zero attached hydrogens (tertiary/aromatic N) is 3. The van der Waals surface area contributed by atoms with Crippen molar-refractivity contribution >= 4 is 5.95 Å². The molecule has 0 fully saturated rings. The summed E-state index contributed by atoms with van der Waals surface area (Å²) in [6.45, 7) is 5.16. The maximum Gasteiger partial charge on any atom is 0.204 e. The summed E-state index contributed by atoms with van der Waals surface area (Å²) in [7, 11) is 6.09. The number of hydrogen-bond donors (Lipinski definition) is 1. The number of hydrogen-bond acceptors (Lipinski definition) is 3. The van der Waals surface area contributed by atoms with Gasteiger partial charge in [-0.25, -0.2) is 4.98 Å². The number of aryl methyl sites for hydroxylation is 1. The molecule has 0 aliphatic carbocycles. The molecule has 0 saturated carbocycles. The molecule has 0 aliphatic rings. The van der Waals surface area contributed by atoms with Gasteiger partial charge in [-0.1, -0.05) is 36.8 Å². The lowest BCUT2D eigenvalue weighted by Gasteiger charge is -2.18. The number of nitrogens with one attached hydrogen (secondary N) is 1. The zero-order chi connectivity index (χ0) is 15.4. The van der Waals surface area contributed by atoms with E-state index in [-0.39, 0.29) is 0 Å². The molecule has 1 unspecified atom stereocenters. The monoisotopic (exact) mass is 286 g/mol. The van der Waals surface area contributed by atoms with Crippen LogP contribution in [0.1, 0.15) is 36.2 Å². The van der Waals surface area contributed by atoms with Crippen LogP contribution in [0.2, 0.25) is 0 Å². The molecular weight excluding hydrogens is 260 g/mol. The second-order valence-electron chi connectivity index (χ2n) is 5.76. The van der Waals surface area contributed by atoms with Crippen LogP contribution in [0.5, 0.6) is 0 Å². The van der Waals surface area contributed by atoms with E-state index in [4.69, 9.17) is 0 Å². The van der Waals surface area contributed by atoms with Crippen molar-refractivity contribution in [1.82, 2.24) is 14.9 Å². The molecule has 21 heavy (non-hydrogen) atoms. The highest BCUT2D eigenvalue weighted by Crippen LogP contribution is 2.18. The lowest BCUT2D eigenvalue weighted by atomic mass is 10.0. The molecule has 1 heterocycles. The Morgan fingerprint density at radius 1 is 1.24 bits per heavy atom. The van der Waals surface area contributed by atoms with E-state index >= 15 is 0 Å². The number of imidazole rings is 1. The molecule has 2 aromatic rings. The molecule has 0 amide bonds. The van der Waals surface area contributed by atoms with Crippen molar-refractivity contribution in [1.29, 1.82) is 0 Å². The van der Waals surface area contributed by atoms with Gasteiger partial charge in [-0.15, -0.1) is 0 Å². The SMILES string of the molecule is CCC(NCc1cnc(N(C)C)n1C)c1ccc(C)cc1. The molecule has 1 aromatic heterocycles. The van der Waals surface area contributed by atoms with Gasteiger partial charge < -0.3 is 14.8 Å². The van der Waals surface area contributed by atoms with E-state index in [1.54, 1.807) is 0 Å². The zero-order valence-corrected chi connectivity index (χ0v) is 13.7. The van der Waals surface area contributed by atoms with E-state index in [2.05, 4.69) is 60.0 Å². The van der Waals surface area contributed by atoms with Crippen molar-refractivity contribution in [3.05, 3.63) is 47.3 Å². The Bertz CT molecular complexity index is 569. The summed E-state index contributed by atoms with van der Waals surface area (Å²) in [5.74, 6) is 0.982. The highest BCUT2D eigenvalue weighted by molar-refractivity contribution is 5.31. The average molecular weight is 286 g/mol. The highest BCUT2D eigenvalue weighted by atomic mass is 15.3. The third-order valence-electron chi connectivity index (χ3n) is 3.88. The molecule has 0 aliphatic heterocycles. The minimum Gasteiger partial charge on any atom is -0.348 e. The third kappa shape index (κ3) is 3.64. The first-order valence-electron chi connectivity index (χ1n) is 7.50. The second-order valence-corrected chi connectivity index (χ2v) is 5.76. The van der Waals surface area contributed by atoms with Crippen molar-refractivity contribution in [3.8, 4) is 0 Å². The van der Waals surface area contributed by atoms with Crippen LogP contribution in [0.3, 0.4) is 0 Å². The van der Waals surface area contributed by atoms with E-state index in [1.807, 2.05) is 25.2 Å². The van der Waals surface area contributed by atoms with Gasteiger partial charge in [-0.3, -0.25) is 0 Å². The van der Waals surface area contributed by atoms with Crippen molar-refractivity contribution in [2.75, 3.05) is 19.0 Å². The van der Waals surface area contributed by atoms with Crippen LogP contribution >= 0.6 is 0 Å². The van der Waals surface area contributed by atoms with E-state index in [1.165, 1.54) is 16.8 Å². The van der Waals surface area contributed by atoms with Gasteiger partial charge in [0.25, 0.3) is 0 Å². The lowest BCUT2D eigenvalue weighted by Crippen LogP contribution is -2.22. The molecule has 0 radical (unpaired) electrons. The fourth-order valence-electron chi connectivity index (χ4n) is 2.54. The third-order valence-corrected chi connectivity index (χ3v) is 3.88. The fourth-order valence-corrected chi connectivity index (χ4v) is 2.54. The Kier molecular flexibility index (Phi) is 5.02. The number of benzene rings is 1. The van der Waals surface area contributed by atoms with Crippen molar-refractivity contribution in [2.24, 2.45) is 7.05 Å². The maximum atomic E-state index is 4.45. The molecule has 4 heteroatoms. The Hall–Kier alpha value is -1.81. The first-order chi connectivity index (χ1) is 10.0. The molecule has 0 spiro atoms. The summed E-state index contributed by atoms with van der Waals surface area (Å²) in [4.78, 5) is 6.48. The summed E-state index contributed by atoms with van der Waals surface area (Å²) in [5, 5.41) is 3.64. The first-order valence-corrected chi connectivity index (χ1v) is 7.50. The number of anilines is 1. The topological polar surface area (TPSA) is 33.1 Å². The van der Waals surface area contributed by atoms with Crippen LogP contribution in [-0.4, -0.2) is 23.6 Å². The predicted octanol–water partition coefficient (Wildman–Crippen LogP) is 3.04. The van der Waals surface area contributed by atoms with Crippen LogP contribution in [0.4, 0.5) is 5.95 Å². The van der Waals surface area contributed by atoms with Gasteiger partial charge in [0, 0.05) is 33.7 Å². The zero-order valence-electron chi connectivity index (χ0n) is 13.7. The highest BCUT2D eigenvalue weighted by Gasteiger charge is 2.12. The van der Waals surface area contributed by atoms with Crippen LogP contribution in [0, 0.1) is 6.92 Å². The van der Waals surface area contributed by atoms with Gasteiger partial charge in [0.15, 0.2) is 0 Å². The van der Waals surface area contributed by atoms with Crippen molar-refractivity contribution < 1.29 is 0 Å². The summed E-state index contributed by atoms with van der Waals surface area (Å²) in [5.41, 5.74) is 3.85.